The van der Waals surface area contributed by atoms with Gasteiger partial charge in [0.25, 0.3) is 0 Å². The quantitative estimate of drug-likeness (QED) is 0.439. The normalized spacial score (nSPS) is 22.3. The Kier molecular flexibility index (Phi) is 9.90. The number of carbonyl (C=O) groups is 3. The van der Waals surface area contributed by atoms with Crippen LogP contribution in [-0.4, -0.2) is 66.6 Å². The molecule has 0 saturated carbocycles. The van der Waals surface area contributed by atoms with Gasteiger partial charge in [0.15, 0.2) is 0 Å². The molecule has 38 heavy (non-hydrogen) atoms. The molecular formula is C30H39N3O5. The summed E-state index contributed by atoms with van der Waals surface area (Å²) < 4.78 is 11.0. The smallest absolute Gasteiger partial charge is 0.329 e. The van der Waals surface area contributed by atoms with Crippen molar-refractivity contribution in [3.63, 3.8) is 0 Å². The summed E-state index contributed by atoms with van der Waals surface area (Å²) in [5, 5.41) is 6.59. The number of nitrogens with one attached hydrogen (secondary N) is 2. The first kappa shape index (κ1) is 27.8. The molecule has 0 unspecified atom stereocenters. The number of benzene rings is 2. The average molecular weight is 522 g/mol. The zero-order chi connectivity index (χ0) is 26.9. The Morgan fingerprint density at radius 1 is 1.03 bits per heavy atom. The molecule has 8 heteroatoms. The molecular weight excluding hydrogens is 482 g/mol. The number of piperidine rings is 1. The molecule has 2 aliphatic rings. The van der Waals surface area contributed by atoms with Crippen molar-refractivity contribution in [3.8, 4) is 0 Å². The molecule has 5 atom stereocenters. The van der Waals surface area contributed by atoms with Gasteiger partial charge in [-0.05, 0) is 63.1 Å². The van der Waals surface area contributed by atoms with Crippen LogP contribution in [-0.2, 0) is 36.9 Å². The van der Waals surface area contributed by atoms with Crippen LogP contribution in [0.25, 0.3) is 0 Å². The van der Waals surface area contributed by atoms with E-state index in [2.05, 4.69) is 10.6 Å². The number of esters is 2. The lowest BCUT2D eigenvalue weighted by Gasteiger charge is -2.36. The second kappa shape index (κ2) is 13.5. The average Bonchev–Trinajstić information content (AvgIpc) is 3.34. The van der Waals surface area contributed by atoms with Gasteiger partial charge < -0.3 is 19.7 Å². The Balaban J connectivity index is 1.45. The number of hydrogen-bond acceptors (Lipinski definition) is 7. The van der Waals surface area contributed by atoms with E-state index in [4.69, 9.17) is 9.47 Å². The van der Waals surface area contributed by atoms with Crippen molar-refractivity contribution in [2.45, 2.75) is 70.3 Å². The maximum Gasteiger partial charge on any atom is 0.329 e. The largest absolute Gasteiger partial charge is 0.465 e. The van der Waals surface area contributed by atoms with Crippen LogP contribution in [0, 0.1) is 5.92 Å². The fraction of sp³-hybridized carbons (Fsp3) is 0.500. The second-order valence-corrected chi connectivity index (χ2v) is 10.1. The molecule has 1 amide bonds. The van der Waals surface area contributed by atoms with E-state index >= 15 is 0 Å². The van der Waals surface area contributed by atoms with Gasteiger partial charge in [-0.2, -0.15) is 0 Å². The van der Waals surface area contributed by atoms with Crippen LogP contribution < -0.4 is 10.6 Å². The van der Waals surface area contributed by atoms with Crippen molar-refractivity contribution in [3.05, 3.63) is 71.8 Å². The van der Waals surface area contributed by atoms with Crippen LogP contribution in [0.1, 0.15) is 44.2 Å². The van der Waals surface area contributed by atoms with E-state index in [0.717, 1.165) is 24.1 Å². The Morgan fingerprint density at radius 2 is 1.71 bits per heavy atom. The van der Waals surface area contributed by atoms with Crippen LogP contribution in [0.3, 0.4) is 0 Å². The molecule has 2 heterocycles. The molecule has 0 spiro atoms. The fourth-order valence-electron chi connectivity index (χ4n) is 5.54. The van der Waals surface area contributed by atoms with Crippen molar-refractivity contribution in [2.75, 3.05) is 19.7 Å². The first-order chi connectivity index (χ1) is 18.5. The number of aryl methyl sites for hydroxylation is 1. The SMILES string of the molecule is CCOC(=O)[C@H](CCc1ccccc1)N[C@H](C)C(=O)N1[C@H](C(=O)OCc2ccccc2)C[C@H]2CCNC[C@@H]21. The van der Waals surface area contributed by atoms with E-state index < -0.39 is 18.1 Å². The monoisotopic (exact) mass is 521 g/mol. The number of rotatable bonds is 11. The van der Waals surface area contributed by atoms with Crippen molar-refractivity contribution in [1.29, 1.82) is 0 Å². The summed E-state index contributed by atoms with van der Waals surface area (Å²) in [6.07, 6.45) is 2.66. The molecule has 2 saturated heterocycles. The number of amides is 1. The number of carbonyl (C=O) groups excluding carboxylic acids is 3. The number of hydrogen-bond donors (Lipinski definition) is 2. The maximum atomic E-state index is 13.9. The minimum atomic E-state index is -0.676. The van der Waals surface area contributed by atoms with Gasteiger partial charge in [0.1, 0.15) is 18.7 Å². The molecule has 0 aliphatic carbocycles. The summed E-state index contributed by atoms with van der Waals surface area (Å²) in [6, 6.07) is 17.4. The highest BCUT2D eigenvalue weighted by Crippen LogP contribution is 2.35. The lowest BCUT2D eigenvalue weighted by atomic mass is 9.92. The molecule has 2 aliphatic heterocycles. The first-order valence-electron chi connectivity index (χ1n) is 13.7. The summed E-state index contributed by atoms with van der Waals surface area (Å²) >= 11 is 0. The molecule has 4 rings (SSSR count). The molecule has 2 aromatic rings. The van der Waals surface area contributed by atoms with Gasteiger partial charge in [-0.1, -0.05) is 60.7 Å². The highest BCUT2D eigenvalue weighted by Gasteiger charge is 2.49. The standard InChI is InChI=1S/C30H39N3O5/c1-3-37-29(35)25(15-14-22-10-6-4-7-11-22)32-21(2)28(34)33-26(18-24-16-17-31-19-27(24)33)30(36)38-20-23-12-8-5-9-13-23/h4-13,21,24-27,31-32H,3,14-20H2,1-2H3/t21-,24-,25+,26+,27+/m1/s1. The molecule has 2 aromatic carbocycles. The third-order valence-electron chi connectivity index (χ3n) is 7.52. The molecule has 8 nitrogen and oxygen atoms in total. The van der Waals surface area contributed by atoms with Gasteiger partial charge >= 0.3 is 11.9 Å². The molecule has 2 N–H and O–H groups in total. The van der Waals surface area contributed by atoms with Crippen molar-refractivity contribution < 1.29 is 23.9 Å². The Morgan fingerprint density at radius 3 is 2.39 bits per heavy atom. The topological polar surface area (TPSA) is 97.0 Å². The van der Waals surface area contributed by atoms with E-state index in [1.54, 1.807) is 18.7 Å². The molecule has 0 bridgehead atoms. The lowest BCUT2D eigenvalue weighted by Crippen LogP contribution is -2.58. The van der Waals surface area contributed by atoms with Crippen LogP contribution >= 0.6 is 0 Å². The van der Waals surface area contributed by atoms with E-state index in [1.807, 2.05) is 60.7 Å². The maximum absolute atomic E-state index is 13.9. The van der Waals surface area contributed by atoms with E-state index in [1.165, 1.54) is 0 Å². The first-order valence-corrected chi connectivity index (χ1v) is 13.7. The van der Waals surface area contributed by atoms with E-state index in [9.17, 15) is 14.4 Å². The Labute approximate surface area is 225 Å². The third-order valence-corrected chi connectivity index (χ3v) is 7.52. The number of fused-ring (bicyclic) bond motifs is 1. The van der Waals surface area contributed by atoms with Crippen LogP contribution in [0.15, 0.2) is 60.7 Å². The summed E-state index contributed by atoms with van der Waals surface area (Å²) in [6.45, 7) is 5.47. The predicted molar refractivity (Wildman–Crippen MR) is 144 cm³/mol. The summed E-state index contributed by atoms with van der Waals surface area (Å²) in [4.78, 5) is 41.6. The van der Waals surface area contributed by atoms with Gasteiger partial charge in [-0.15, -0.1) is 0 Å². The van der Waals surface area contributed by atoms with Gasteiger partial charge in [0, 0.05) is 12.6 Å². The molecule has 204 valence electrons. The van der Waals surface area contributed by atoms with Crippen molar-refractivity contribution in [1.82, 2.24) is 15.5 Å². The highest BCUT2D eigenvalue weighted by atomic mass is 16.5. The summed E-state index contributed by atoms with van der Waals surface area (Å²) in [5.74, 6) is -0.715. The summed E-state index contributed by atoms with van der Waals surface area (Å²) in [5.41, 5.74) is 2.01. The summed E-state index contributed by atoms with van der Waals surface area (Å²) in [7, 11) is 0. The van der Waals surface area contributed by atoms with Crippen LogP contribution in [0.2, 0.25) is 0 Å². The zero-order valence-electron chi connectivity index (χ0n) is 22.3. The van der Waals surface area contributed by atoms with Gasteiger partial charge in [-0.25, -0.2) is 4.79 Å². The number of likely N-dealkylation sites (tertiary alicyclic amines) is 1. The highest BCUT2D eigenvalue weighted by molar-refractivity contribution is 5.89. The Hall–Kier alpha value is -3.23. The Bertz CT molecular complexity index is 1060. The second-order valence-electron chi connectivity index (χ2n) is 10.1. The van der Waals surface area contributed by atoms with Gasteiger partial charge in [-0.3, -0.25) is 14.9 Å². The van der Waals surface area contributed by atoms with Gasteiger partial charge in [0.05, 0.1) is 12.6 Å². The van der Waals surface area contributed by atoms with Crippen molar-refractivity contribution in [2.24, 2.45) is 5.92 Å². The molecule has 0 aromatic heterocycles. The van der Waals surface area contributed by atoms with Gasteiger partial charge in [0.2, 0.25) is 5.91 Å². The number of ether oxygens (including phenoxy) is 2. The van der Waals surface area contributed by atoms with E-state index in [0.29, 0.717) is 25.8 Å². The molecule has 0 radical (unpaired) electrons. The minimum Gasteiger partial charge on any atom is -0.465 e. The predicted octanol–water partition coefficient (Wildman–Crippen LogP) is 2.85. The zero-order valence-corrected chi connectivity index (χ0v) is 22.3. The molecule has 2 fully saturated rings. The minimum absolute atomic E-state index is 0.0832. The van der Waals surface area contributed by atoms with Crippen molar-refractivity contribution >= 4 is 17.8 Å². The van der Waals surface area contributed by atoms with Crippen LogP contribution in [0.4, 0.5) is 0 Å². The third kappa shape index (κ3) is 6.99. The number of nitrogens with zero attached hydrogens (tertiary/aromatic N) is 1. The fourth-order valence-corrected chi connectivity index (χ4v) is 5.54. The van der Waals surface area contributed by atoms with Crippen LogP contribution in [0.5, 0.6) is 0 Å². The lowest BCUT2D eigenvalue weighted by molar-refractivity contribution is -0.156. The van der Waals surface area contributed by atoms with E-state index in [-0.39, 0.29) is 43.0 Å².